The smallest absolute Gasteiger partial charge is 0.299 e. The van der Waals surface area contributed by atoms with Gasteiger partial charge in [-0.05, 0) is 42.5 Å². The molecule has 4 rings (SSSR count). The van der Waals surface area contributed by atoms with Gasteiger partial charge in [0, 0.05) is 12.6 Å². The molecule has 1 aliphatic carbocycles. The Morgan fingerprint density at radius 3 is 2.44 bits per heavy atom. The summed E-state index contributed by atoms with van der Waals surface area (Å²) in [6.07, 6.45) is 5.65. The van der Waals surface area contributed by atoms with E-state index in [0.717, 1.165) is 31.7 Å². The van der Waals surface area contributed by atoms with E-state index in [9.17, 15) is 13.6 Å². The SMILES string of the molecule is [C-]#[N+]c1ccc(-c2nc(OCC3CCCCC3)n(C)c(=O)c2-c2ccc(OC)c(F)c2)cc1F. The van der Waals surface area contributed by atoms with Gasteiger partial charge < -0.3 is 9.47 Å². The number of aromatic nitrogens is 2. The molecule has 1 aromatic heterocycles. The first-order chi connectivity index (χ1) is 16.4. The Hall–Kier alpha value is -3.73. The summed E-state index contributed by atoms with van der Waals surface area (Å²) in [5, 5.41) is 0. The van der Waals surface area contributed by atoms with Crippen molar-refractivity contribution in [3.63, 3.8) is 0 Å². The number of hydrogen-bond donors (Lipinski definition) is 0. The van der Waals surface area contributed by atoms with Crippen LogP contribution in [0.2, 0.25) is 0 Å². The molecule has 1 aliphatic rings. The Bertz CT molecular complexity index is 1310. The van der Waals surface area contributed by atoms with E-state index in [-0.39, 0.29) is 39.8 Å². The number of ether oxygens (including phenoxy) is 2. The molecule has 0 N–H and O–H groups in total. The van der Waals surface area contributed by atoms with Crippen molar-refractivity contribution in [3.05, 3.63) is 69.8 Å². The van der Waals surface area contributed by atoms with E-state index >= 15 is 0 Å². The summed E-state index contributed by atoms with van der Waals surface area (Å²) in [5.41, 5.74) is 0.221. The third-order valence-corrected chi connectivity index (χ3v) is 6.20. The van der Waals surface area contributed by atoms with Gasteiger partial charge in [0.1, 0.15) is 5.82 Å². The molecule has 0 spiro atoms. The zero-order valence-corrected chi connectivity index (χ0v) is 19.1. The number of benzene rings is 2. The summed E-state index contributed by atoms with van der Waals surface area (Å²) in [6.45, 7) is 7.52. The molecule has 1 heterocycles. The van der Waals surface area contributed by atoms with E-state index in [1.54, 1.807) is 13.1 Å². The second kappa shape index (κ2) is 10.0. The van der Waals surface area contributed by atoms with E-state index in [2.05, 4.69) is 9.83 Å². The fourth-order valence-electron chi connectivity index (χ4n) is 4.29. The molecule has 1 fully saturated rings. The van der Waals surface area contributed by atoms with Crippen LogP contribution in [-0.4, -0.2) is 23.3 Å². The van der Waals surface area contributed by atoms with E-state index in [1.807, 2.05) is 0 Å². The lowest BCUT2D eigenvalue weighted by Gasteiger charge is -2.22. The Kier molecular flexibility index (Phi) is 6.92. The highest BCUT2D eigenvalue weighted by molar-refractivity contribution is 5.81. The highest BCUT2D eigenvalue weighted by atomic mass is 19.1. The molecule has 34 heavy (non-hydrogen) atoms. The van der Waals surface area contributed by atoms with Gasteiger partial charge in [-0.25, -0.2) is 13.6 Å². The maximum Gasteiger partial charge on any atom is 0.299 e. The fourth-order valence-corrected chi connectivity index (χ4v) is 4.29. The lowest BCUT2D eigenvalue weighted by atomic mass is 9.90. The van der Waals surface area contributed by atoms with Crippen LogP contribution >= 0.6 is 0 Å². The monoisotopic (exact) mass is 465 g/mol. The molecule has 3 aromatic rings. The number of hydrogen-bond acceptors (Lipinski definition) is 4. The van der Waals surface area contributed by atoms with Gasteiger partial charge in [-0.1, -0.05) is 37.5 Å². The molecule has 0 atom stereocenters. The second-order valence-corrected chi connectivity index (χ2v) is 8.42. The van der Waals surface area contributed by atoms with Crippen molar-refractivity contribution in [2.24, 2.45) is 13.0 Å². The van der Waals surface area contributed by atoms with Crippen LogP contribution in [0.25, 0.3) is 27.2 Å². The minimum atomic E-state index is -0.730. The Balaban J connectivity index is 1.85. The van der Waals surface area contributed by atoms with Crippen LogP contribution in [0.5, 0.6) is 11.8 Å². The van der Waals surface area contributed by atoms with Gasteiger partial charge in [0.05, 0.1) is 31.5 Å². The van der Waals surface area contributed by atoms with Crippen LogP contribution in [0, 0.1) is 24.1 Å². The van der Waals surface area contributed by atoms with E-state index in [1.165, 1.54) is 42.4 Å². The molecule has 2 aromatic carbocycles. The van der Waals surface area contributed by atoms with Crippen molar-refractivity contribution in [1.29, 1.82) is 0 Å². The molecule has 8 heteroatoms. The normalized spacial score (nSPS) is 14.0. The molecule has 0 aliphatic heterocycles. The van der Waals surface area contributed by atoms with Gasteiger partial charge in [0.25, 0.3) is 11.6 Å². The Morgan fingerprint density at radius 2 is 1.79 bits per heavy atom. The van der Waals surface area contributed by atoms with Crippen molar-refractivity contribution >= 4 is 5.69 Å². The van der Waals surface area contributed by atoms with Crippen LogP contribution in [0.1, 0.15) is 32.1 Å². The minimum Gasteiger partial charge on any atom is -0.494 e. The summed E-state index contributed by atoms with van der Waals surface area (Å²) in [4.78, 5) is 21.2. The van der Waals surface area contributed by atoms with Crippen molar-refractivity contribution < 1.29 is 18.3 Å². The summed E-state index contributed by atoms with van der Waals surface area (Å²) < 4.78 is 41.2. The summed E-state index contributed by atoms with van der Waals surface area (Å²) >= 11 is 0. The van der Waals surface area contributed by atoms with Crippen molar-refractivity contribution in [2.45, 2.75) is 32.1 Å². The van der Waals surface area contributed by atoms with Gasteiger partial charge in [-0.3, -0.25) is 9.36 Å². The van der Waals surface area contributed by atoms with Crippen LogP contribution in [0.4, 0.5) is 14.5 Å². The van der Waals surface area contributed by atoms with Gasteiger partial charge in [0.15, 0.2) is 11.6 Å². The Labute approximate surface area is 196 Å². The average Bonchev–Trinajstić information content (AvgIpc) is 2.85. The largest absolute Gasteiger partial charge is 0.494 e. The highest BCUT2D eigenvalue weighted by Gasteiger charge is 2.22. The maximum atomic E-state index is 14.5. The van der Waals surface area contributed by atoms with Crippen LogP contribution in [0.3, 0.4) is 0 Å². The molecule has 0 unspecified atom stereocenters. The molecular formula is C26H25F2N3O3. The third kappa shape index (κ3) is 4.65. The number of nitrogens with zero attached hydrogens (tertiary/aromatic N) is 3. The van der Waals surface area contributed by atoms with E-state index < -0.39 is 17.2 Å². The van der Waals surface area contributed by atoms with Gasteiger partial charge in [0.2, 0.25) is 5.69 Å². The van der Waals surface area contributed by atoms with Gasteiger partial charge in [-0.15, -0.1) is 0 Å². The second-order valence-electron chi connectivity index (χ2n) is 8.42. The van der Waals surface area contributed by atoms with Crippen LogP contribution in [-0.2, 0) is 7.05 Å². The zero-order valence-electron chi connectivity index (χ0n) is 19.1. The standard InChI is InChI=1S/C26H25F2N3O3/c1-29-21-11-9-18(14-19(21)27)24-23(17-10-12-22(33-3)20(28)13-17)25(32)31(2)26(30-24)34-15-16-7-5-4-6-8-16/h9-14,16H,4-8,15H2,2-3H3. The fraction of sp³-hybridized carbons (Fsp3) is 0.346. The molecule has 1 saturated carbocycles. The predicted molar refractivity (Wildman–Crippen MR) is 125 cm³/mol. The lowest BCUT2D eigenvalue weighted by molar-refractivity contribution is 0.189. The number of methoxy groups -OCH3 is 1. The van der Waals surface area contributed by atoms with Crippen LogP contribution in [0.15, 0.2) is 41.2 Å². The zero-order chi connectivity index (χ0) is 24.2. The first-order valence-electron chi connectivity index (χ1n) is 11.2. The first-order valence-corrected chi connectivity index (χ1v) is 11.2. The van der Waals surface area contributed by atoms with Crippen molar-refractivity contribution in [2.75, 3.05) is 13.7 Å². The third-order valence-electron chi connectivity index (χ3n) is 6.20. The van der Waals surface area contributed by atoms with Gasteiger partial charge in [-0.2, -0.15) is 4.98 Å². The molecule has 0 radical (unpaired) electrons. The first kappa shape index (κ1) is 23.4. The topological polar surface area (TPSA) is 57.7 Å². The molecule has 0 amide bonds. The summed E-state index contributed by atoms with van der Waals surface area (Å²) in [5.74, 6) is -0.943. The highest BCUT2D eigenvalue weighted by Crippen LogP contribution is 2.34. The lowest BCUT2D eigenvalue weighted by Crippen LogP contribution is -2.25. The van der Waals surface area contributed by atoms with E-state index in [0.29, 0.717) is 12.5 Å². The van der Waals surface area contributed by atoms with Crippen molar-refractivity contribution in [1.82, 2.24) is 9.55 Å². The molecule has 0 saturated heterocycles. The van der Waals surface area contributed by atoms with Gasteiger partial charge >= 0.3 is 0 Å². The van der Waals surface area contributed by atoms with Crippen molar-refractivity contribution in [3.8, 4) is 34.1 Å². The molecule has 6 nitrogen and oxygen atoms in total. The van der Waals surface area contributed by atoms with E-state index in [4.69, 9.17) is 16.0 Å². The molecule has 176 valence electrons. The number of rotatable bonds is 6. The summed E-state index contributed by atoms with van der Waals surface area (Å²) in [6, 6.07) is 8.28. The minimum absolute atomic E-state index is 0.0370. The quantitative estimate of drug-likeness (QED) is 0.425. The summed E-state index contributed by atoms with van der Waals surface area (Å²) in [7, 11) is 2.89. The van der Waals surface area contributed by atoms with Crippen LogP contribution < -0.4 is 15.0 Å². The number of halogens is 2. The predicted octanol–water partition coefficient (Wildman–Crippen LogP) is 5.91. The maximum absolute atomic E-state index is 14.5. The average molecular weight is 466 g/mol. The molecule has 0 bridgehead atoms. The molecular weight excluding hydrogens is 440 g/mol. The Morgan fingerprint density at radius 1 is 1.09 bits per heavy atom.